The molecular weight excluding hydrogens is 368 g/mol. The molecule has 0 bridgehead atoms. The number of ether oxygens (including phenoxy) is 1. The third-order valence-corrected chi connectivity index (χ3v) is 4.70. The number of esters is 1. The molecule has 3 rings (SSSR count). The van der Waals surface area contributed by atoms with Crippen LogP contribution in [-0.2, 0) is 11.2 Å². The van der Waals surface area contributed by atoms with Crippen molar-refractivity contribution in [3.63, 3.8) is 0 Å². The molecule has 2 N–H and O–H groups in total. The van der Waals surface area contributed by atoms with Crippen LogP contribution in [0.5, 0.6) is 0 Å². The summed E-state index contributed by atoms with van der Waals surface area (Å²) in [4.78, 5) is 21.2. The van der Waals surface area contributed by atoms with Crippen molar-refractivity contribution in [3.8, 4) is 0 Å². The highest BCUT2D eigenvalue weighted by atomic mass is 32.1. The quantitative estimate of drug-likeness (QED) is 0.513. The molecule has 0 saturated carbocycles. The molecule has 2 heterocycles. The van der Waals surface area contributed by atoms with E-state index in [4.69, 9.17) is 17.0 Å². The Balaban J connectivity index is 1.78. The first-order valence-corrected chi connectivity index (χ1v) is 8.97. The largest absolute Gasteiger partial charge is 0.465 e. The molecule has 0 spiro atoms. The van der Waals surface area contributed by atoms with Crippen molar-refractivity contribution in [3.05, 3.63) is 71.0 Å². The van der Waals surface area contributed by atoms with Gasteiger partial charge in [-0.2, -0.15) is 0 Å². The lowest BCUT2D eigenvalue weighted by Gasteiger charge is -2.09. The van der Waals surface area contributed by atoms with Crippen LogP contribution >= 0.6 is 23.6 Å². The van der Waals surface area contributed by atoms with Crippen LogP contribution in [0.1, 0.15) is 20.8 Å². The number of hydrogen-bond donors (Lipinski definition) is 2. The maximum absolute atomic E-state index is 12.1. The predicted octanol–water partition coefficient (Wildman–Crippen LogP) is 3.72. The Kier molecular flexibility index (Phi) is 5.88. The van der Waals surface area contributed by atoms with E-state index in [1.807, 2.05) is 36.4 Å². The zero-order chi connectivity index (χ0) is 18.4. The second-order valence-corrected chi connectivity index (χ2v) is 6.82. The first-order chi connectivity index (χ1) is 12.7. The number of methoxy groups -OCH3 is 1. The van der Waals surface area contributed by atoms with Crippen LogP contribution in [0.2, 0.25) is 0 Å². The van der Waals surface area contributed by atoms with Crippen LogP contribution in [0.15, 0.2) is 55.0 Å². The minimum Gasteiger partial charge on any atom is -0.465 e. The molecule has 6 nitrogen and oxygen atoms in total. The van der Waals surface area contributed by atoms with Gasteiger partial charge in [-0.05, 0) is 23.8 Å². The van der Waals surface area contributed by atoms with Gasteiger partial charge in [0.1, 0.15) is 5.00 Å². The molecule has 0 atom stereocenters. The molecule has 132 valence electrons. The molecule has 0 amide bonds. The average Bonchev–Trinajstić information content (AvgIpc) is 3.04. The van der Waals surface area contributed by atoms with Crippen LogP contribution in [0.25, 0.3) is 0 Å². The maximum Gasteiger partial charge on any atom is 0.340 e. The number of hydrogen-bond acceptors (Lipinski definition) is 6. The van der Waals surface area contributed by atoms with Crippen molar-refractivity contribution in [1.29, 1.82) is 0 Å². The van der Waals surface area contributed by atoms with Gasteiger partial charge in [0.15, 0.2) is 10.9 Å². The molecule has 3 aromatic rings. The van der Waals surface area contributed by atoms with Crippen LogP contribution < -0.4 is 10.6 Å². The number of aromatic nitrogens is 2. The third-order valence-electron chi connectivity index (χ3n) is 3.44. The Morgan fingerprint density at radius 2 is 2.04 bits per heavy atom. The van der Waals surface area contributed by atoms with E-state index in [1.165, 1.54) is 18.4 Å². The van der Waals surface area contributed by atoms with Gasteiger partial charge in [0.05, 0.1) is 18.9 Å². The van der Waals surface area contributed by atoms with Gasteiger partial charge in [0.2, 0.25) is 0 Å². The summed E-state index contributed by atoms with van der Waals surface area (Å²) < 4.78 is 4.88. The summed E-state index contributed by atoms with van der Waals surface area (Å²) >= 11 is 6.77. The number of nitrogens with zero attached hydrogens (tertiary/aromatic N) is 2. The number of nitrogens with one attached hydrogen (secondary N) is 2. The molecule has 2 aromatic heterocycles. The number of thiocarbonyl (C=S) groups is 1. The molecule has 8 heteroatoms. The van der Waals surface area contributed by atoms with Crippen molar-refractivity contribution < 1.29 is 9.53 Å². The highest BCUT2D eigenvalue weighted by molar-refractivity contribution is 7.80. The van der Waals surface area contributed by atoms with Crippen molar-refractivity contribution >= 4 is 45.5 Å². The fraction of sp³-hybridized carbons (Fsp3) is 0.111. The van der Waals surface area contributed by atoms with Gasteiger partial charge in [0, 0.05) is 23.7 Å². The second kappa shape index (κ2) is 8.50. The van der Waals surface area contributed by atoms with Crippen molar-refractivity contribution in [2.75, 3.05) is 17.7 Å². The Morgan fingerprint density at radius 1 is 1.23 bits per heavy atom. The summed E-state index contributed by atoms with van der Waals surface area (Å²) in [7, 11) is 1.36. The highest BCUT2D eigenvalue weighted by Gasteiger charge is 2.18. The highest BCUT2D eigenvalue weighted by Crippen LogP contribution is 2.30. The molecule has 1 aromatic carbocycles. The van der Waals surface area contributed by atoms with Crippen LogP contribution in [0, 0.1) is 0 Å². The lowest BCUT2D eigenvalue weighted by molar-refractivity contribution is 0.0602. The summed E-state index contributed by atoms with van der Waals surface area (Å²) in [6.07, 6.45) is 5.42. The topological polar surface area (TPSA) is 76.1 Å². The first kappa shape index (κ1) is 18.0. The Hall–Kier alpha value is -2.84. The van der Waals surface area contributed by atoms with E-state index < -0.39 is 5.97 Å². The number of carbonyl (C=O) groups is 1. The molecular formula is C18H16N4O2S2. The SMILES string of the molecule is COC(=O)c1cc(Cc2ccccc2)sc1NC(=S)Nc1cnccn1. The lowest BCUT2D eigenvalue weighted by Crippen LogP contribution is -2.20. The van der Waals surface area contributed by atoms with Crippen LogP contribution in [0.3, 0.4) is 0 Å². The molecule has 0 aliphatic rings. The van der Waals surface area contributed by atoms with Gasteiger partial charge < -0.3 is 15.4 Å². The van der Waals surface area contributed by atoms with Crippen molar-refractivity contribution in [1.82, 2.24) is 9.97 Å². The average molecular weight is 384 g/mol. The lowest BCUT2D eigenvalue weighted by atomic mass is 10.1. The Morgan fingerprint density at radius 3 is 2.73 bits per heavy atom. The summed E-state index contributed by atoms with van der Waals surface area (Å²) in [5.74, 6) is 0.107. The van der Waals surface area contributed by atoms with Gasteiger partial charge in [-0.1, -0.05) is 30.3 Å². The number of benzene rings is 1. The summed E-state index contributed by atoms with van der Waals surface area (Å²) in [5.41, 5.74) is 1.61. The van der Waals surface area contributed by atoms with Crippen molar-refractivity contribution in [2.24, 2.45) is 0 Å². The van der Waals surface area contributed by atoms with E-state index in [1.54, 1.807) is 18.6 Å². The van der Waals surface area contributed by atoms with Gasteiger partial charge in [-0.25, -0.2) is 9.78 Å². The van der Waals surface area contributed by atoms with E-state index in [-0.39, 0.29) is 0 Å². The van der Waals surface area contributed by atoms with E-state index in [2.05, 4.69) is 20.6 Å². The number of thiophene rings is 1. The zero-order valence-electron chi connectivity index (χ0n) is 13.9. The minimum atomic E-state index is -0.412. The summed E-state index contributed by atoms with van der Waals surface area (Å²) in [6, 6.07) is 11.9. The van der Waals surface area contributed by atoms with Gasteiger partial charge in [0.25, 0.3) is 0 Å². The van der Waals surface area contributed by atoms with Gasteiger partial charge in [-0.3, -0.25) is 4.98 Å². The number of rotatable bonds is 5. The zero-order valence-corrected chi connectivity index (χ0v) is 15.6. The predicted molar refractivity (Wildman–Crippen MR) is 107 cm³/mol. The molecule has 0 fully saturated rings. The summed E-state index contributed by atoms with van der Waals surface area (Å²) in [5, 5.41) is 6.94. The molecule has 0 unspecified atom stereocenters. The van der Waals surface area contributed by atoms with Gasteiger partial charge in [-0.15, -0.1) is 11.3 Å². The minimum absolute atomic E-state index is 0.323. The summed E-state index contributed by atoms with van der Waals surface area (Å²) in [6.45, 7) is 0. The fourth-order valence-corrected chi connectivity index (χ4v) is 3.65. The second-order valence-electron chi connectivity index (χ2n) is 5.28. The Labute approximate surface area is 160 Å². The normalized spacial score (nSPS) is 10.2. The molecule has 0 aliphatic heterocycles. The van der Waals surface area contributed by atoms with Gasteiger partial charge >= 0.3 is 5.97 Å². The number of anilines is 2. The van der Waals surface area contributed by atoms with Crippen molar-refractivity contribution in [2.45, 2.75) is 6.42 Å². The fourth-order valence-electron chi connectivity index (χ4n) is 2.29. The maximum atomic E-state index is 12.1. The van der Waals surface area contributed by atoms with E-state index >= 15 is 0 Å². The first-order valence-electron chi connectivity index (χ1n) is 7.74. The molecule has 0 aliphatic carbocycles. The third kappa shape index (κ3) is 4.62. The monoisotopic (exact) mass is 384 g/mol. The smallest absolute Gasteiger partial charge is 0.340 e. The Bertz CT molecular complexity index is 898. The molecule has 0 radical (unpaired) electrons. The molecule has 0 saturated heterocycles. The number of carbonyl (C=O) groups excluding carboxylic acids is 1. The van der Waals surface area contributed by atoms with E-state index in [9.17, 15) is 4.79 Å². The van der Waals surface area contributed by atoms with Crippen LogP contribution in [0.4, 0.5) is 10.8 Å². The standard InChI is InChI=1S/C18H16N4O2S2/c1-24-17(23)14-10-13(9-12-5-3-2-4-6-12)26-16(14)22-18(25)21-15-11-19-7-8-20-15/h2-8,10-11H,9H2,1H3,(H2,20,21,22,25). The molecule has 26 heavy (non-hydrogen) atoms. The van der Waals surface area contributed by atoms with E-state index in [0.717, 1.165) is 16.9 Å². The van der Waals surface area contributed by atoms with E-state index in [0.29, 0.717) is 21.5 Å². The van der Waals surface area contributed by atoms with Crippen LogP contribution in [-0.4, -0.2) is 28.2 Å².